The van der Waals surface area contributed by atoms with Gasteiger partial charge in [-0.2, -0.15) is 0 Å². The van der Waals surface area contributed by atoms with Gasteiger partial charge in [0, 0.05) is 27.9 Å². The number of hydrogen-bond donors (Lipinski definition) is 0. The molecule has 2 heteroatoms. The van der Waals surface area contributed by atoms with E-state index in [4.69, 9.17) is 9.40 Å². The Morgan fingerprint density at radius 2 is 1.35 bits per heavy atom. The third-order valence-electron chi connectivity index (χ3n) is 8.88. The lowest BCUT2D eigenvalue weighted by atomic mass is 9.84. The van der Waals surface area contributed by atoms with Gasteiger partial charge in [0.2, 0.25) is 0 Å². The maximum Gasteiger partial charge on any atom is 0.138 e. The van der Waals surface area contributed by atoms with Crippen molar-refractivity contribution < 1.29 is 4.42 Å². The van der Waals surface area contributed by atoms with Gasteiger partial charge >= 0.3 is 0 Å². The molecule has 7 aromatic rings. The third-order valence-corrected chi connectivity index (χ3v) is 8.88. The van der Waals surface area contributed by atoms with Gasteiger partial charge in [-0.05, 0) is 98.5 Å². The molecule has 2 heterocycles. The lowest BCUT2D eigenvalue weighted by Crippen LogP contribution is -1.99. The van der Waals surface area contributed by atoms with Crippen LogP contribution >= 0.6 is 0 Å². The first-order valence-corrected chi connectivity index (χ1v) is 15.7. The molecule has 2 nitrogen and oxygen atoms in total. The minimum atomic E-state index is 0.458. The summed E-state index contributed by atoms with van der Waals surface area (Å²) >= 11 is 0. The number of para-hydroxylation sites is 1. The van der Waals surface area contributed by atoms with E-state index < -0.39 is 0 Å². The highest BCUT2D eigenvalue weighted by atomic mass is 16.3. The molecule has 0 aliphatic carbocycles. The third kappa shape index (κ3) is 4.70. The lowest BCUT2D eigenvalue weighted by Gasteiger charge is -2.20. The number of furan rings is 1. The molecule has 0 saturated heterocycles. The van der Waals surface area contributed by atoms with Crippen LogP contribution in [0.4, 0.5) is 0 Å². The monoisotopic (exact) mass is 561 g/mol. The lowest BCUT2D eigenvalue weighted by molar-refractivity contribution is 0.624. The molecule has 5 aromatic carbocycles. The highest BCUT2D eigenvalue weighted by Gasteiger charge is 2.18. The summed E-state index contributed by atoms with van der Waals surface area (Å²) in [6, 6.07) is 33.5. The van der Waals surface area contributed by atoms with Crippen LogP contribution in [0.15, 0.2) is 102 Å². The average molecular weight is 562 g/mol. The molecule has 43 heavy (non-hydrogen) atoms. The van der Waals surface area contributed by atoms with Crippen LogP contribution in [-0.2, 0) is 6.42 Å². The summed E-state index contributed by atoms with van der Waals surface area (Å²) in [7, 11) is 0. The van der Waals surface area contributed by atoms with Gasteiger partial charge in [-0.3, -0.25) is 4.98 Å². The first-order valence-electron chi connectivity index (χ1n) is 15.7. The van der Waals surface area contributed by atoms with Gasteiger partial charge in [-0.25, -0.2) is 0 Å². The molecule has 7 rings (SSSR count). The van der Waals surface area contributed by atoms with Crippen LogP contribution < -0.4 is 0 Å². The Morgan fingerprint density at radius 3 is 2.09 bits per heavy atom. The maximum absolute atomic E-state index is 6.39. The molecule has 0 aliphatic heterocycles. The van der Waals surface area contributed by atoms with Crippen molar-refractivity contribution in [1.82, 2.24) is 4.98 Å². The Morgan fingerprint density at radius 1 is 0.605 bits per heavy atom. The maximum atomic E-state index is 6.39. The topological polar surface area (TPSA) is 26.0 Å². The number of hydrogen-bond acceptors (Lipinski definition) is 2. The van der Waals surface area contributed by atoms with Crippen LogP contribution in [0.25, 0.3) is 65.9 Å². The van der Waals surface area contributed by atoms with Gasteiger partial charge in [-0.15, -0.1) is 0 Å². The largest absolute Gasteiger partial charge is 0.456 e. The van der Waals surface area contributed by atoms with Crippen LogP contribution in [0, 0.1) is 5.92 Å². The van der Waals surface area contributed by atoms with Crippen molar-refractivity contribution in [2.45, 2.75) is 59.8 Å². The fraction of sp³-hybridized carbons (Fsp3) is 0.244. The SMILES string of the molecule is CC(C)Cc1cc(-c2nccc3c2ccc2cc(-c4c(C(C)C)cccc4C(C)C)ccc23)cc2c1oc1ccccc12. The summed E-state index contributed by atoms with van der Waals surface area (Å²) < 4.78 is 6.39. The molecule has 214 valence electrons. The normalized spacial score (nSPS) is 12.2. The van der Waals surface area contributed by atoms with Crippen LogP contribution in [0.1, 0.15) is 70.1 Å². The molecule has 0 atom stereocenters. The number of fused-ring (bicyclic) bond motifs is 6. The molecular formula is C41H39NO. The molecule has 0 amide bonds. The van der Waals surface area contributed by atoms with E-state index >= 15 is 0 Å². The zero-order valence-electron chi connectivity index (χ0n) is 26.0. The van der Waals surface area contributed by atoms with Crippen LogP contribution in [0.5, 0.6) is 0 Å². The molecule has 0 aliphatic rings. The first-order chi connectivity index (χ1) is 20.8. The molecule has 0 unspecified atom stereocenters. The van der Waals surface area contributed by atoms with E-state index in [9.17, 15) is 0 Å². The van der Waals surface area contributed by atoms with Gasteiger partial charge in [-0.1, -0.05) is 102 Å². The molecule has 0 saturated carbocycles. The summed E-state index contributed by atoms with van der Waals surface area (Å²) in [5.74, 6) is 1.43. The molecule has 0 bridgehead atoms. The van der Waals surface area contributed by atoms with Crippen LogP contribution in [0.3, 0.4) is 0 Å². The summed E-state index contributed by atoms with van der Waals surface area (Å²) in [6.45, 7) is 13.7. The van der Waals surface area contributed by atoms with Crippen molar-refractivity contribution in [2.75, 3.05) is 0 Å². The van der Waals surface area contributed by atoms with Crippen molar-refractivity contribution in [3.63, 3.8) is 0 Å². The Hall–Kier alpha value is -4.43. The molecule has 0 N–H and O–H groups in total. The van der Waals surface area contributed by atoms with E-state index in [1.165, 1.54) is 49.4 Å². The Labute approximate surface area is 254 Å². The Balaban J connectivity index is 1.42. The second-order valence-electron chi connectivity index (χ2n) is 13.1. The van der Waals surface area contributed by atoms with Crippen molar-refractivity contribution in [1.29, 1.82) is 0 Å². The van der Waals surface area contributed by atoms with Gasteiger partial charge in [0.1, 0.15) is 11.2 Å². The highest BCUT2D eigenvalue weighted by Crippen LogP contribution is 2.41. The molecular weight excluding hydrogens is 522 g/mol. The predicted molar refractivity (Wildman–Crippen MR) is 184 cm³/mol. The predicted octanol–water partition coefficient (Wildman–Crippen LogP) is 12.1. The molecule has 0 fully saturated rings. The van der Waals surface area contributed by atoms with E-state index in [2.05, 4.69) is 126 Å². The minimum Gasteiger partial charge on any atom is -0.456 e. The van der Waals surface area contributed by atoms with Crippen molar-refractivity contribution in [2.24, 2.45) is 5.92 Å². The van der Waals surface area contributed by atoms with Gasteiger partial charge in [0.25, 0.3) is 0 Å². The van der Waals surface area contributed by atoms with Crippen molar-refractivity contribution in [3.05, 3.63) is 114 Å². The smallest absolute Gasteiger partial charge is 0.138 e. The number of benzene rings is 5. The van der Waals surface area contributed by atoms with Gasteiger partial charge in [0.15, 0.2) is 0 Å². The fourth-order valence-electron chi connectivity index (χ4n) is 6.89. The second kappa shape index (κ2) is 10.7. The zero-order chi connectivity index (χ0) is 29.8. The average Bonchev–Trinajstić information content (AvgIpc) is 3.38. The molecule has 0 radical (unpaired) electrons. The standard InChI is InChI=1S/C41H39NO/c1-24(2)20-30-22-29(23-37-35-10-7-8-13-38(35)43-41(30)37)40-36-17-14-27-21-28(15-16-33(27)34(36)18-19-42-40)39-31(25(3)4)11-9-12-32(39)26(5)6/h7-19,21-26H,20H2,1-6H3. The van der Waals surface area contributed by atoms with E-state index in [1.54, 1.807) is 0 Å². The first kappa shape index (κ1) is 27.4. The second-order valence-corrected chi connectivity index (χ2v) is 13.1. The number of pyridine rings is 1. The molecule has 2 aromatic heterocycles. The van der Waals surface area contributed by atoms with Crippen LogP contribution in [0.2, 0.25) is 0 Å². The van der Waals surface area contributed by atoms with Crippen molar-refractivity contribution >= 4 is 43.5 Å². The summed E-state index contributed by atoms with van der Waals surface area (Å²) in [6.07, 6.45) is 2.92. The van der Waals surface area contributed by atoms with Gasteiger partial charge in [0.05, 0.1) is 5.69 Å². The minimum absolute atomic E-state index is 0.458. The number of nitrogens with zero attached hydrogens (tertiary/aromatic N) is 1. The zero-order valence-corrected chi connectivity index (χ0v) is 26.0. The molecule has 0 spiro atoms. The van der Waals surface area contributed by atoms with E-state index in [1.807, 2.05) is 12.3 Å². The Kier molecular flexibility index (Phi) is 6.81. The van der Waals surface area contributed by atoms with Crippen LogP contribution in [-0.4, -0.2) is 4.98 Å². The van der Waals surface area contributed by atoms with E-state index in [0.29, 0.717) is 17.8 Å². The fourth-order valence-corrected chi connectivity index (χ4v) is 6.89. The summed E-state index contributed by atoms with van der Waals surface area (Å²) in [4.78, 5) is 4.97. The quantitative estimate of drug-likeness (QED) is 0.189. The van der Waals surface area contributed by atoms with E-state index in [-0.39, 0.29) is 0 Å². The number of aromatic nitrogens is 1. The summed E-state index contributed by atoms with van der Waals surface area (Å²) in [5.41, 5.74) is 10.9. The highest BCUT2D eigenvalue weighted by molar-refractivity contribution is 6.13. The van der Waals surface area contributed by atoms with Crippen molar-refractivity contribution in [3.8, 4) is 22.4 Å². The summed E-state index contributed by atoms with van der Waals surface area (Å²) in [5, 5.41) is 7.25. The Bertz CT molecular complexity index is 2120. The van der Waals surface area contributed by atoms with Gasteiger partial charge < -0.3 is 4.42 Å². The van der Waals surface area contributed by atoms with E-state index in [0.717, 1.165) is 39.6 Å². The number of rotatable bonds is 6.